The smallest absolute Gasteiger partial charge is 0.409 e. The number of nitrogens with zero attached hydrogens (tertiary/aromatic N) is 4. The summed E-state index contributed by atoms with van der Waals surface area (Å²) in [5.74, 6) is 0.0611. The van der Waals surface area contributed by atoms with Crippen molar-refractivity contribution in [2.24, 2.45) is 0 Å². The number of ether oxygens (including phenoxy) is 2. The SMILES string of the molecule is CCOC(=O)N1CCN(C(=O)CNC(=O)c2cc(OC3CCCC3)nc(-c3ccccc3)n2)CC1. The fraction of sp³-hybridized carbons (Fsp3) is 0.480. The quantitative estimate of drug-likeness (QED) is 0.646. The molecule has 35 heavy (non-hydrogen) atoms. The van der Waals surface area contributed by atoms with E-state index in [2.05, 4.69) is 15.3 Å². The topological polar surface area (TPSA) is 114 Å². The van der Waals surface area contributed by atoms with Gasteiger partial charge in [0, 0.05) is 37.8 Å². The van der Waals surface area contributed by atoms with Crippen LogP contribution in [0.15, 0.2) is 36.4 Å². The molecule has 2 aliphatic rings. The van der Waals surface area contributed by atoms with Crippen molar-refractivity contribution in [1.29, 1.82) is 0 Å². The molecule has 10 nitrogen and oxygen atoms in total. The van der Waals surface area contributed by atoms with Crippen molar-refractivity contribution in [2.45, 2.75) is 38.7 Å². The number of hydrogen-bond donors (Lipinski definition) is 1. The number of benzene rings is 1. The monoisotopic (exact) mass is 481 g/mol. The Morgan fingerprint density at radius 3 is 2.37 bits per heavy atom. The molecule has 0 atom stereocenters. The lowest BCUT2D eigenvalue weighted by atomic mass is 10.2. The summed E-state index contributed by atoms with van der Waals surface area (Å²) < 4.78 is 11.0. The van der Waals surface area contributed by atoms with Gasteiger partial charge in [-0.1, -0.05) is 30.3 Å². The summed E-state index contributed by atoms with van der Waals surface area (Å²) in [6.45, 7) is 3.47. The normalized spacial score (nSPS) is 16.1. The van der Waals surface area contributed by atoms with Crippen molar-refractivity contribution in [3.05, 3.63) is 42.1 Å². The maximum absolute atomic E-state index is 12.9. The summed E-state index contributed by atoms with van der Waals surface area (Å²) in [6, 6.07) is 10.9. The number of carbonyl (C=O) groups excluding carboxylic acids is 3. The molecule has 4 rings (SSSR count). The van der Waals surface area contributed by atoms with Crippen LogP contribution >= 0.6 is 0 Å². The molecule has 3 amide bonds. The summed E-state index contributed by atoms with van der Waals surface area (Å²) in [5.41, 5.74) is 0.917. The van der Waals surface area contributed by atoms with E-state index in [0.717, 1.165) is 31.2 Å². The Balaban J connectivity index is 1.39. The van der Waals surface area contributed by atoms with Gasteiger partial charge in [0.1, 0.15) is 11.8 Å². The maximum Gasteiger partial charge on any atom is 0.409 e. The lowest BCUT2D eigenvalue weighted by molar-refractivity contribution is -0.131. The molecule has 1 aromatic heterocycles. The van der Waals surface area contributed by atoms with E-state index in [0.29, 0.717) is 44.5 Å². The van der Waals surface area contributed by atoms with Gasteiger partial charge in [0.15, 0.2) is 5.82 Å². The Labute approximate surface area is 204 Å². The van der Waals surface area contributed by atoms with E-state index in [-0.39, 0.29) is 30.3 Å². The van der Waals surface area contributed by atoms with Crippen LogP contribution in [0.1, 0.15) is 43.1 Å². The standard InChI is InChI=1S/C25H31N5O5/c1-2-34-25(33)30-14-12-29(13-15-30)22(31)17-26-24(32)20-16-21(35-19-10-6-7-11-19)28-23(27-20)18-8-4-3-5-9-18/h3-5,8-9,16,19H,2,6-7,10-15,17H2,1H3,(H,26,32). The molecule has 0 radical (unpaired) electrons. The van der Waals surface area contributed by atoms with Gasteiger partial charge in [0.25, 0.3) is 5.91 Å². The van der Waals surface area contributed by atoms with Crippen LogP contribution in [0.5, 0.6) is 5.88 Å². The Bertz CT molecular complexity index is 1030. The van der Waals surface area contributed by atoms with Gasteiger partial charge in [-0.05, 0) is 32.6 Å². The first kappa shape index (κ1) is 24.4. The van der Waals surface area contributed by atoms with Gasteiger partial charge in [0.2, 0.25) is 11.8 Å². The van der Waals surface area contributed by atoms with Crippen LogP contribution in [0, 0.1) is 0 Å². The molecule has 1 aliphatic heterocycles. The maximum atomic E-state index is 12.9. The Morgan fingerprint density at radius 2 is 1.69 bits per heavy atom. The zero-order valence-electron chi connectivity index (χ0n) is 19.9. The third-order valence-electron chi connectivity index (χ3n) is 6.12. The molecule has 0 bridgehead atoms. The highest BCUT2D eigenvalue weighted by Gasteiger charge is 2.25. The molecule has 0 unspecified atom stereocenters. The van der Waals surface area contributed by atoms with Gasteiger partial charge in [0.05, 0.1) is 13.2 Å². The number of rotatable bonds is 7. The third kappa shape index (κ3) is 6.46. The molecule has 2 aromatic rings. The largest absolute Gasteiger partial charge is 0.474 e. The van der Waals surface area contributed by atoms with Crippen LogP contribution in [-0.2, 0) is 9.53 Å². The number of nitrogens with one attached hydrogen (secondary N) is 1. The second-order valence-corrected chi connectivity index (χ2v) is 8.55. The van der Waals surface area contributed by atoms with Gasteiger partial charge in [-0.25, -0.2) is 9.78 Å². The molecule has 2 fully saturated rings. The van der Waals surface area contributed by atoms with Crippen LogP contribution in [-0.4, -0.2) is 83.1 Å². The number of piperazine rings is 1. The molecular formula is C25H31N5O5. The first-order valence-electron chi connectivity index (χ1n) is 12.1. The number of carbonyl (C=O) groups is 3. The fourth-order valence-electron chi connectivity index (χ4n) is 4.21. The Kier molecular flexibility index (Phi) is 8.12. The molecule has 10 heteroatoms. The summed E-state index contributed by atoms with van der Waals surface area (Å²) in [5, 5.41) is 2.67. The molecule has 1 N–H and O–H groups in total. The molecule has 1 aliphatic carbocycles. The predicted molar refractivity (Wildman–Crippen MR) is 128 cm³/mol. The van der Waals surface area contributed by atoms with Gasteiger partial charge in [-0.15, -0.1) is 0 Å². The van der Waals surface area contributed by atoms with Crippen LogP contribution in [0.2, 0.25) is 0 Å². The van der Waals surface area contributed by atoms with E-state index in [1.807, 2.05) is 30.3 Å². The van der Waals surface area contributed by atoms with Crippen molar-refractivity contribution in [1.82, 2.24) is 25.1 Å². The van der Waals surface area contributed by atoms with E-state index in [1.165, 1.54) is 6.07 Å². The summed E-state index contributed by atoms with van der Waals surface area (Å²) in [4.78, 5) is 49.5. The molecule has 1 saturated carbocycles. The van der Waals surface area contributed by atoms with Crippen molar-refractivity contribution < 1.29 is 23.9 Å². The Morgan fingerprint density at radius 1 is 1.00 bits per heavy atom. The number of hydrogen-bond acceptors (Lipinski definition) is 7. The molecule has 0 spiro atoms. The van der Waals surface area contributed by atoms with Crippen molar-refractivity contribution in [2.75, 3.05) is 39.3 Å². The second kappa shape index (κ2) is 11.6. The average molecular weight is 482 g/mol. The average Bonchev–Trinajstić information content (AvgIpc) is 3.40. The summed E-state index contributed by atoms with van der Waals surface area (Å²) >= 11 is 0. The second-order valence-electron chi connectivity index (χ2n) is 8.55. The van der Waals surface area contributed by atoms with Crippen LogP contribution in [0.25, 0.3) is 11.4 Å². The van der Waals surface area contributed by atoms with Crippen LogP contribution in [0.3, 0.4) is 0 Å². The van der Waals surface area contributed by atoms with Gasteiger partial charge < -0.3 is 24.6 Å². The lowest BCUT2D eigenvalue weighted by Crippen LogP contribution is -2.52. The first-order valence-corrected chi connectivity index (χ1v) is 12.1. The highest BCUT2D eigenvalue weighted by atomic mass is 16.6. The van der Waals surface area contributed by atoms with E-state index in [4.69, 9.17) is 9.47 Å². The van der Waals surface area contributed by atoms with Gasteiger partial charge in [-0.3, -0.25) is 9.59 Å². The molecule has 1 saturated heterocycles. The van der Waals surface area contributed by atoms with E-state index >= 15 is 0 Å². The molecule has 1 aromatic carbocycles. The van der Waals surface area contributed by atoms with Crippen LogP contribution < -0.4 is 10.1 Å². The van der Waals surface area contributed by atoms with Crippen molar-refractivity contribution in [3.63, 3.8) is 0 Å². The zero-order valence-corrected chi connectivity index (χ0v) is 19.9. The van der Waals surface area contributed by atoms with Crippen LogP contribution in [0.4, 0.5) is 4.79 Å². The highest BCUT2D eigenvalue weighted by Crippen LogP contribution is 2.25. The summed E-state index contributed by atoms with van der Waals surface area (Å²) in [6.07, 6.45) is 3.87. The lowest BCUT2D eigenvalue weighted by Gasteiger charge is -2.34. The number of amides is 3. The third-order valence-corrected chi connectivity index (χ3v) is 6.12. The first-order chi connectivity index (χ1) is 17.0. The minimum absolute atomic E-state index is 0.0827. The number of aromatic nitrogens is 2. The van der Waals surface area contributed by atoms with E-state index in [9.17, 15) is 14.4 Å². The molecule has 2 heterocycles. The zero-order chi connectivity index (χ0) is 24.6. The minimum atomic E-state index is -0.473. The highest BCUT2D eigenvalue weighted by molar-refractivity contribution is 5.95. The Hall–Kier alpha value is -3.69. The molecule has 186 valence electrons. The van der Waals surface area contributed by atoms with Crippen molar-refractivity contribution in [3.8, 4) is 17.3 Å². The van der Waals surface area contributed by atoms with E-state index < -0.39 is 5.91 Å². The van der Waals surface area contributed by atoms with E-state index in [1.54, 1.807) is 16.7 Å². The molecular weight excluding hydrogens is 450 g/mol. The van der Waals surface area contributed by atoms with Gasteiger partial charge in [-0.2, -0.15) is 4.98 Å². The van der Waals surface area contributed by atoms with Gasteiger partial charge >= 0.3 is 6.09 Å². The minimum Gasteiger partial charge on any atom is -0.474 e. The predicted octanol–water partition coefficient (Wildman–Crippen LogP) is 2.50. The summed E-state index contributed by atoms with van der Waals surface area (Å²) in [7, 11) is 0. The fourth-order valence-corrected chi connectivity index (χ4v) is 4.21. The van der Waals surface area contributed by atoms with Crippen molar-refractivity contribution >= 4 is 17.9 Å².